The van der Waals surface area contributed by atoms with E-state index in [1.165, 1.54) is 5.56 Å². The third-order valence-corrected chi connectivity index (χ3v) is 4.16. The van der Waals surface area contributed by atoms with E-state index in [0.29, 0.717) is 18.4 Å². The summed E-state index contributed by atoms with van der Waals surface area (Å²) in [6.45, 7) is 0.706. The lowest BCUT2D eigenvalue weighted by atomic mass is 9.98. The number of halogens is 2. The SMILES string of the molecule is ClCC(CCOc1ccccc1)Cc1ccc(Br)cc1. The molecule has 0 N–H and O–H groups in total. The molecular formula is C17H18BrClO. The Morgan fingerprint density at radius 1 is 1.00 bits per heavy atom. The second kappa shape index (κ2) is 8.33. The Hall–Kier alpha value is -0.990. The molecule has 2 aromatic rings. The maximum Gasteiger partial charge on any atom is 0.119 e. The highest BCUT2D eigenvalue weighted by atomic mass is 79.9. The molecule has 20 heavy (non-hydrogen) atoms. The lowest BCUT2D eigenvalue weighted by Crippen LogP contribution is -2.11. The van der Waals surface area contributed by atoms with Gasteiger partial charge in [0.25, 0.3) is 0 Å². The zero-order chi connectivity index (χ0) is 14.2. The van der Waals surface area contributed by atoms with Gasteiger partial charge in [0.05, 0.1) is 6.61 Å². The molecule has 0 heterocycles. The molecule has 0 saturated heterocycles. The number of benzene rings is 2. The summed E-state index contributed by atoms with van der Waals surface area (Å²) in [5, 5.41) is 0. The van der Waals surface area contributed by atoms with E-state index in [4.69, 9.17) is 16.3 Å². The molecule has 0 radical (unpaired) electrons. The standard InChI is InChI=1S/C17H18BrClO/c18-16-8-6-14(7-9-16)12-15(13-19)10-11-20-17-4-2-1-3-5-17/h1-9,15H,10-13H2. The third kappa shape index (κ3) is 5.18. The number of para-hydroxylation sites is 1. The van der Waals surface area contributed by atoms with Crippen LogP contribution in [0.25, 0.3) is 0 Å². The van der Waals surface area contributed by atoms with Gasteiger partial charge in [-0.2, -0.15) is 0 Å². The molecule has 1 nitrogen and oxygen atoms in total. The number of alkyl halides is 1. The lowest BCUT2D eigenvalue weighted by Gasteiger charge is -2.14. The quantitative estimate of drug-likeness (QED) is 0.612. The van der Waals surface area contributed by atoms with E-state index in [1.54, 1.807) is 0 Å². The van der Waals surface area contributed by atoms with Crippen LogP contribution in [0.1, 0.15) is 12.0 Å². The predicted octanol–water partition coefficient (Wildman–Crippen LogP) is 5.32. The van der Waals surface area contributed by atoms with E-state index < -0.39 is 0 Å². The molecule has 1 unspecified atom stereocenters. The summed E-state index contributed by atoms with van der Waals surface area (Å²) in [5.74, 6) is 2.03. The average molecular weight is 354 g/mol. The van der Waals surface area contributed by atoms with Gasteiger partial charge in [0, 0.05) is 10.4 Å². The number of hydrogen-bond acceptors (Lipinski definition) is 1. The smallest absolute Gasteiger partial charge is 0.119 e. The summed E-state index contributed by atoms with van der Waals surface area (Å²) in [6.07, 6.45) is 1.96. The zero-order valence-corrected chi connectivity index (χ0v) is 13.6. The van der Waals surface area contributed by atoms with Crippen LogP contribution in [0.3, 0.4) is 0 Å². The van der Waals surface area contributed by atoms with Crippen molar-refractivity contribution in [2.45, 2.75) is 12.8 Å². The normalized spacial score (nSPS) is 12.1. The minimum atomic E-state index is 0.446. The van der Waals surface area contributed by atoms with E-state index in [9.17, 15) is 0 Å². The summed E-state index contributed by atoms with van der Waals surface area (Å²) in [4.78, 5) is 0. The Kier molecular flexibility index (Phi) is 6.41. The fourth-order valence-corrected chi connectivity index (χ4v) is 2.58. The van der Waals surface area contributed by atoms with E-state index >= 15 is 0 Å². The van der Waals surface area contributed by atoms with Crippen molar-refractivity contribution in [1.82, 2.24) is 0 Å². The van der Waals surface area contributed by atoms with Crippen LogP contribution in [0, 0.1) is 5.92 Å². The van der Waals surface area contributed by atoms with Crippen molar-refractivity contribution < 1.29 is 4.74 Å². The van der Waals surface area contributed by atoms with Gasteiger partial charge in [-0.1, -0.05) is 46.3 Å². The highest BCUT2D eigenvalue weighted by molar-refractivity contribution is 9.10. The molecular weight excluding hydrogens is 336 g/mol. The first kappa shape index (κ1) is 15.4. The highest BCUT2D eigenvalue weighted by Gasteiger charge is 2.09. The summed E-state index contributed by atoms with van der Waals surface area (Å²) in [6, 6.07) is 18.3. The molecule has 0 aromatic heterocycles. The van der Waals surface area contributed by atoms with Gasteiger partial charge in [0.15, 0.2) is 0 Å². The molecule has 0 amide bonds. The Morgan fingerprint density at radius 3 is 2.35 bits per heavy atom. The second-order valence-electron chi connectivity index (χ2n) is 4.80. The largest absolute Gasteiger partial charge is 0.494 e. The molecule has 0 bridgehead atoms. The molecule has 0 fully saturated rings. The zero-order valence-electron chi connectivity index (χ0n) is 11.3. The molecule has 2 rings (SSSR count). The topological polar surface area (TPSA) is 9.23 Å². The minimum Gasteiger partial charge on any atom is -0.494 e. The van der Waals surface area contributed by atoms with Gasteiger partial charge in [-0.25, -0.2) is 0 Å². The lowest BCUT2D eigenvalue weighted by molar-refractivity contribution is 0.284. The van der Waals surface area contributed by atoms with Crippen molar-refractivity contribution in [1.29, 1.82) is 0 Å². The molecule has 0 aliphatic carbocycles. The van der Waals surface area contributed by atoms with Gasteiger partial charge in [0.1, 0.15) is 5.75 Å². The van der Waals surface area contributed by atoms with Crippen LogP contribution in [-0.4, -0.2) is 12.5 Å². The van der Waals surface area contributed by atoms with Crippen molar-refractivity contribution in [2.24, 2.45) is 5.92 Å². The fraction of sp³-hybridized carbons (Fsp3) is 0.294. The first-order valence-corrected chi connectivity index (χ1v) is 8.09. The maximum atomic E-state index is 6.07. The molecule has 3 heteroatoms. The third-order valence-electron chi connectivity index (χ3n) is 3.19. The van der Waals surface area contributed by atoms with Crippen LogP contribution in [0.15, 0.2) is 59.1 Å². The molecule has 106 valence electrons. The Balaban J connectivity index is 1.79. The summed E-state index contributed by atoms with van der Waals surface area (Å²) in [5.41, 5.74) is 1.32. The van der Waals surface area contributed by atoms with Crippen LogP contribution in [-0.2, 0) is 6.42 Å². The predicted molar refractivity (Wildman–Crippen MR) is 88.6 cm³/mol. The van der Waals surface area contributed by atoms with Crippen LogP contribution in [0.4, 0.5) is 0 Å². The molecule has 1 atom stereocenters. The Morgan fingerprint density at radius 2 is 1.70 bits per heavy atom. The number of rotatable bonds is 7. The van der Waals surface area contributed by atoms with Gasteiger partial charge >= 0.3 is 0 Å². The average Bonchev–Trinajstić information content (AvgIpc) is 2.49. The molecule has 0 aliphatic rings. The second-order valence-corrected chi connectivity index (χ2v) is 6.03. The van der Waals surface area contributed by atoms with Gasteiger partial charge in [-0.3, -0.25) is 0 Å². The maximum absolute atomic E-state index is 6.07. The van der Waals surface area contributed by atoms with Gasteiger partial charge in [0.2, 0.25) is 0 Å². The van der Waals surface area contributed by atoms with E-state index in [0.717, 1.165) is 23.1 Å². The van der Waals surface area contributed by atoms with E-state index in [2.05, 4.69) is 40.2 Å². The molecule has 0 aliphatic heterocycles. The molecule has 0 saturated carbocycles. The van der Waals surface area contributed by atoms with Gasteiger partial charge in [-0.15, -0.1) is 11.6 Å². The van der Waals surface area contributed by atoms with Crippen molar-refractivity contribution >= 4 is 27.5 Å². The fourth-order valence-electron chi connectivity index (χ4n) is 2.05. The van der Waals surface area contributed by atoms with Crippen molar-refractivity contribution in [3.63, 3.8) is 0 Å². The Labute approximate surface area is 134 Å². The molecule has 2 aromatic carbocycles. The van der Waals surface area contributed by atoms with Crippen LogP contribution in [0.2, 0.25) is 0 Å². The Bertz CT molecular complexity index is 498. The van der Waals surface area contributed by atoms with Gasteiger partial charge in [-0.05, 0) is 48.6 Å². The highest BCUT2D eigenvalue weighted by Crippen LogP contribution is 2.18. The van der Waals surface area contributed by atoms with Crippen molar-refractivity contribution in [3.05, 3.63) is 64.6 Å². The van der Waals surface area contributed by atoms with Crippen molar-refractivity contribution in [3.8, 4) is 5.75 Å². The minimum absolute atomic E-state index is 0.446. The monoisotopic (exact) mass is 352 g/mol. The first-order valence-electron chi connectivity index (χ1n) is 6.76. The number of hydrogen-bond donors (Lipinski definition) is 0. The summed E-state index contributed by atoms with van der Waals surface area (Å²) in [7, 11) is 0. The van der Waals surface area contributed by atoms with Crippen molar-refractivity contribution in [2.75, 3.05) is 12.5 Å². The summed E-state index contributed by atoms with van der Waals surface area (Å²) >= 11 is 9.52. The number of ether oxygens (including phenoxy) is 1. The summed E-state index contributed by atoms with van der Waals surface area (Å²) < 4.78 is 6.84. The van der Waals surface area contributed by atoms with E-state index in [-0.39, 0.29) is 0 Å². The van der Waals surface area contributed by atoms with Gasteiger partial charge < -0.3 is 4.74 Å². The van der Waals surface area contributed by atoms with Crippen LogP contribution in [0.5, 0.6) is 5.75 Å². The first-order chi connectivity index (χ1) is 9.78. The van der Waals surface area contributed by atoms with E-state index in [1.807, 2.05) is 30.3 Å². The van der Waals surface area contributed by atoms with Crippen LogP contribution >= 0.6 is 27.5 Å². The van der Waals surface area contributed by atoms with Crippen LogP contribution < -0.4 is 4.74 Å². The molecule has 0 spiro atoms.